The summed E-state index contributed by atoms with van der Waals surface area (Å²) in [6.07, 6.45) is 0. The van der Waals surface area contributed by atoms with Crippen molar-refractivity contribution in [1.82, 2.24) is 5.32 Å². The molecule has 2 rings (SSSR count). The van der Waals surface area contributed by atoms with Gasteiger partial charge in [0.25, 0.3) is 0 Å². The first-order chi connectivity index (χ1) is 7.68. The lowest BCUT2D eigenvalue weighted by Gasteiger charge is -2.27. The molecular weight excluding hydrogens is 196 g/mol. The summed E-state index contributed by atoms with van der Waals surface area (Å²) >= 11 is 0. The molecule has 1 aromatic rings. The first-order valence-corrected chi connectivity index (χ1v) is 6.20. The smallest absolute Gasteiger partial charge is 0.0399 e. The minimum atomic E-state index is 0.724. The van der Waals surface area contributed by atoms with Crippen molar-refractivity contribution in [2.75, 3.05) is 31.1 Å². The number of benzene rings is 1. The molecule has 0 amide bonds. The highest BCUT2D eigenvalue weighted by atomic mass is 15.2. The summed E-state index contributed by atoms with van der Waals surface area (Å²) in [5, 5.41) is 3.49. The zero-order valence-corrected chi connectivity index (χ0v) is 10.6. The molecule has 1 unspecified atom stereocenters. The SMILES string of the molecule is Cc1cccc(N2CCNCC(C)C2)c1C. The second kappa shape index (κ2) is 4.88. The Morgan fingerprint density at radius 2 is 2.12 bits per heavy atom. The second-order valence-electron chi connectivity index (χ2n) is 4.97. The monoisotopic (exact) mass is 218 g/mol. The molecule has 0 radical (unpaired) electrons. The van der Waals surface area contributed by atoms with Crippen molar-refractivity contribution in [3.8, 4) is 0 Å². The number of nitrogens with zero attached hydrogens (tertiary/aromatic N) is 1. The molecule has 1 N–H and O–H groups in total. The van der Waals surface area contributed by atoms with Gasteiger partial charge < -0.3 is 10.2 Å². The highest BCUT2D eigenvalue weighted by Gasteiger charge is 2.16. The van der Waals surface area contributed by atoms with E-state index in [4.69, 9.17) is 0 Å². The van der Waals surface area contributed by atoms with Crippen molar-refractivity contribution in [3.05, 3.63) is 29.3 Å². The topological polar surface area (TPSA) is 15.3 Å². The molecule has 1 aromatic carbocycles. The number of anilines is 1. The average Bonchev–Trinajstić information content (AvgIpc) is 2.47. The molecule has 16 heavy (non-hydrogen) atoms. The van der Waals surface area contributed by atoms with E-state index in [0.717, 1.165) is 32.1 Å². The molecule has 0 saturated carbocycles. The van der Waals surface area contributed by atoms with Gasteiger partial charge in [-0.15, -0.1) is 0 Å². The Labute approximate surface area is 98.7 Å². The van der Waals surface area contributed by atoms with Crippen molar-refractivity contribution < 1.29 is 0 Å². The van der Waals surface area contributed by atoms with Gasteiger partial charge in [0, 0.05) is 25.3 Å². The van der Waals surface area contributed by atoms with Crippen LogP contribution in [0.5, 0.6) is 0 Å². The quantitative estimate of drug-likeness (QED) is 0.778. The summed E-state index contributed by atoms with van der Waals surface area (Å²) in [5.74, 6) is 0.724. The Morgan fingerprint density at radius 3 is 2.94 bits per heavy atom. The van der Waals surface area contributed by atoms with Crippen molar-refractivity contribution in [2.45, 2.75) is 20.8 Å². The lowest BCUT2D eigenvalue weighted by atomic mass is 10.1. The molecule has 2 nitrogen and oxygen atoms in total. The Morgan fingerprint density at radius 1 is 1.31 bits per heavy atom. The van der Waals surface area contributed by atoms with E-state index in [-0.39, 0.29) is 0 Å². The molecule has 0 aromatic heterocycles. The standard InChI is InChI=1S/C14H22N2/c1-11-9-15-7-8-16(10-11)14-6-4-5-12(2)13(14)3/h4-6,11,15H,7-10H2,1-3H3. The van der Waals surface area contributed by atoms with Gasteiger partial charge in [-0.2, -0.15) is 0 Å². The van der Waals surface area contributed by atoms with E-state index in [0.29, 0.717) is 0 Å². The second-order valence-corrected chi connectivity index (χ2v) is 4.97. The van der Waals surface area contributed by atoms with E-state index in [9.17, 15) is 0 Å². The van der Waals surface area contributed by atoms with Gasteiger partial charge in [0.2, 0.25) is 0 Å². The molecule has 1 aliphatic heterocycles. The summed E-state index contributed by atoms with van der Waals surface area (Å²) in [7, 11) is 0. The fourth-order valence-electron chi connectivity index (χ4n) is 2.39. The van der Waals surface area contributed by atoms with Gasteiger partial charge in [-0.1, -0.05) is 19.1 Å². The van der Waals surface area contributed by atoms with Gasteiger partial charge in [0.05, 0.1) is 0 Å². The van der Waals surface area contributed by atoms with Crippen molar-refractivity contribution in [2.24, 2.45) is 5.92 Å². The first kappa shape index (κ1) is 11.5. The largest absolute Gasteiger partial charge is 0.370 e. The van der Waals surface area contributed by atoms with Gasteiger partial charge in [0.1, 0.15) is 0 Å². The van der Waals surface area contributed by atoms with Crippen LogP contribution in [0, 0.1) is 19.8 Å². The third-order valence-corrected chi connectivity index (χ3v) is 3.50. The summed E-state index contributed by atoms with van der Waals surface area (Å²) in [5.41, 5.74) is 4.23. The molecule has 1 saturated heterocycles. The van der Waals surface area contributed by atoms with Crippen LogP contribution in [0.15, 0.2) is 18.2 Å². The molecule has 1 aliphatic rings. The number of rotatable bonds is 1. The summed E-state index contributed by atoms with van der Waals surface area (Å²) in [4.78, 5) is 2.52. The van der Waals surface area contributed by atoms with Crippen LogP contribution in [0.25, 0.3) is 0 Å². The molecule has 2 heteroatoms. The molecule has 88 valence electrons. The number of nitrogens with one attached hydrogen (secondary N) is 1. The molecular formula is C14H22N2. The minimum Gasteiger partial charge on any atom is -0.370 e. The zero-order chi connectivity index (χ0) is 11.5. The molecule has 1 fully saturated rings. The van der Waals surface area contributed by atoms with E-state index in [1.165, 1.54) is 16.8 Å². The van der Waals surface area contributed by atoms with E-state index in [1.54, 1.807) is 0 Å². The van der Waals surface area contributed by atoms with Crippen LogP contribution < -0.4 is 10.2 Å². The van der Waals surface area contributed by atoms with Crippen molar-refractivity contribution >= 4 is 5.69 Å². The van der Waals surface area contributed by atoms with Crippen molar-refractivity contribution in [1.29, 1.82) is 0 Å². The van der Waals surface area contributed by atoms with Gasteiger partial charge in [-0.3, -0.25) is 0 Å². The maximum absolute atomic E-state index is 3.49. The zero-order valence-electron chi connectivity index (χ0n) is 10.6. The molecule has 0 aliphatic carbocycles. The van der Waals surface area contributed by atoms with E-state index in [1.807, 2.05) is 0 Å². The van der Waals surface area contributed by atoms with E-state index < -0.39 is 0 Å². The Bertz CT molecular complexity index is 360. The van der Waals surface area contributed by atoms with Crippen LogP contribution >= 0.6 is 0 Å². The summed E-state index contributed by atoms with van der Waals surface area (Å²) in [6, 6.07) is 6.61. The van der Waals surface area contributed by atoms with Crippen LogP contribution in [0.1, 0.15) is 18.1 Å². The normalized spacial score (nSPS) is 21.9. The van der Waals surface area contributed by atoms with Crippen LogP contribution in [-0.2, 0) is 0 Å². The molecule has 0 bridgehead atoms. The third-order valence-electron chi connectivity index (χ3n) is 3.50. The van der Waals surface area contributed by atoms with Crippen LogP contribution in [0.3, 0.4) is 0 Å². The lowest BCUT2D eigenvalue weighted by molar-refractivity contribution is 0.564. The average molecular weight is 218 g/mol. The Hall–Kier alpha value is -1.02. The maximum Gasteiger partial charge on any atom is 0.0399 e. The summed E-state index contributed by atoms with van der Waals surface area (Å²) < 4.78 is 0. The predicted octanol–water partition coefficient (Wildman–Crippen LogP) is 2.35. The molecule has 1 heterocycles. The van der Waals surface area contributed by atoms with Gasteiger partial charge in [0.15, 0.2) is 0 Å². The van der Waals surface area contributed by atoms with Crippen LogP contribution in [-0.4, -0.2) is 26.2 Å². The van der Waals surface area contributed by atoms with E-state index >= 15 is 0 Å². The number of hydrogen-bond donors (Lipinski definition) is 1. The fourth-order valence-corrected chi connectivity index (χ4v) is 2.39. The highest BCUT2D eigenvalue weighted by molar-refractivity contribution is 5.56. The lowest BCUT2D eigenvalue weighted by Crippen LogP contribution is -2.29. The minimum absolute atomic E-state index is 0.724. The maximum atomic E-state index is 3.49. The Kier molecular flexibility index (Phi) is 3.49. The van der Waals surface area contributed by atoms with Gasteiger partial charge in [-0.05, 0) is 43.5 Å². The van der Waals surface area contributed by atoms with E-state index in [2.05, 4.69) is 49.2 Å². The molecule has 0 spiro atoms. The van der Waals surface area contributed by atoms with Gasteiger partial charge in [-0.25, -0.2) is 0 Å². The van der Waals surface area contributed by atoms with Gasteiger partial charge >= 0.3 is 0 Å². The predicted molar refractivity (Wildman–Crippen MR) is 70.2 cm³/mol. The first-order valence-electron chi connectivity index (χ1n) is 6.20. The van der Waals surface area contributed by atoms with Crippen LogP contribution in [0.2, 0.25) is 0 Å². The number of aryl methyl sites for hydroxylation is 1. The van der Waals surface area contributed by atoms with Crippen LogP contribution in [0.4, 0.5) is 5.69 Å². The fraction of sp³-hybridized carbons (Fsp3) is 0.571. The van der Waals surface area contributed by atoms with Crippen molar-refractivity contribution in [3.63, 3.8) is 0 Å². The Balaban J connectivity index is 2.24. The third kappa shape index (κ3) is 2.38. The summed E-state index contributed by atoms with van der Waals surface area (Å²) in [6.45, 7) is 11.3. The highest BCUT2D eigenvalue weighted by Crippen LogP contribution is 2.23. The molecule has 1 atom stereocenters. The number of hydrogen-bond acceptors (Lipinski definition) is 2.